The summed E-state index contributed by atoms with van der Waals surface area (Å²) in [5.41, 5.74) is -1.90. The number of nitro benzene ring substituents is 1. The van der Waals surface area contributed by atoms with Crippen molar-refractivity contribution in [1.82, 2.24) is 9.78 Å². The fourth-order valence-electron chi connectivity index (χ4n) is 2.14. The average molecular weight is 393 g/mol. The molecular weight excluding hydrogens is 381 g/mol. The lowest BCUT2D eigenvalue weighted by atomic mass is 10.2. The number of rotatable bonds is 4. The van der Waals surface area contributed by atoms with Crippen LogP contribution < -0.4 is 5.32 Å². The zero-order valence-corrected chi connectivity index (χ0v) is 14.1. The number of nitrogens with one attached hydrogen (secondary N) is 1. The monoisotopic (exact) mass is 392 g/mol. The molecule has 26 heavy (non-hydrogen) atoms. The summed E-state index contributed by atoms with van der Waals surface area (Å²) < 4.78 is 39.4. The van der Waals surface area contributed by atoms with Crippen molar-refractivity contribution in [1.29, 1.82) is 0 Å². The summed E-state index contributed by atoms with van der Waals surface area (Å²) >= 11 is 5.64. The predicted molar refractivity (Wildman–Crippen MR) is 85.1 cm³/mol. The van der Waals surface area contributed by atoms with E-state index in [0.717, 1.165) is 22.9 Å². The molecule has 1 aromatic heterocycles. The van der Waals surface area contributed by atoms with Crippen molar-refractivity contribution in [2.24, 2.45) is 0 Å². The third-order valence-electron chi connectivity index (χ3n) is 3.54. The molecule has 8 nitrogen and oxygen atoms in total. The van der Waals surface area contributed by atoms with Gasteiger partial charge in [-0.1, -0.05) is 11.6 Å². The second-order valence-electron chi connectivity index (χ2n) is 5.31. The number of amides is 1. The number of aromatic hydroxyl groups is 1. The fraction of sp³-hybridized carbons (Fsp3) is 0.286. The van der Waals surface area contributed by atoms with Gasteiger partial charge in [0, 0.05) is 6.07 Å². The Balaban J connectivity index is 2.27. The molecule has 1 unspecified atom stereocenters. The van der Waals surface area contributed by atoms with E-state index in [1.807, 2.05) is 0 Å². The third kappa shape index (κ3) is 3.72. The van der Waals surface area contributed by atoms with E-state index >= 15 is 0 Å². The van der Waals surface area contributed by atoms with E-state index < -0.39 is 45.2 Å². The van der Waals surface area contributed by atoms with Gasteiger partial charge in [0.1, 0.15) is 11.8 Å². The van der Waals surface area contributed by atoms with Crippen molar-refractivity contribution in [3.63, 3.8) is 0 Å². The van der Waals surface area contributed by atoms with Gasteiger partial charge in [-0.25, -0.2) is 0 Å². The number of nitro groups is 1. The largest absolute Gasteiger partial charge is 0.506 e. The Morgan fingerprint density at radius 1 is 1.46 bits per heavy atom. The maximum atomic E-state index is 12.9. The van der Waals surface area contributed by atoms with E-state index in [4.69, 9.17) is 11.6 Å². The number of anilines is 1. The lowest BCUT2D eigenvalue weighted by Gasteiger charge is -2.15. The fourth-order valence-corrected chi connectivity index (χ4v) is 2.38. The minimum Gasteiger partial charge on any atom is -0.506 e. The number of hydrogen-bond acceptors (Lipinski definition) is 5. The molecule has 2 rings (SSSR count). The Morgan fingerprint density at radius 2 is 2.08 bits per heavy atom. The molecule has 0 saturated carbocycles. The normalized spacial score (nSPS) is 12.7. The number of aromatic nitrogens is 2. The van der Waals surface area contributed by atoms with Crippen LogP contribution in [0.2, 0.25) is 5.02 Å². The number of hydrogen-bond donors (Lipinski definition) is 2. The molecule has 0 bridgehead atoms. The number of carbonyl (C=O) groups excluding carboxylic acids is 1. The number of nitrogens with zero attached hydrogens (tertiary/aromatic N) is 3. The minimum atomic E-state index is -4.78. The number of phenols is 1. The highest BCUT2D eigenvalue weighted by molar-refractivity contribution is 6.32. The van der Waals surface area contributed by atoms with Crippen molar-refractivity contribution in [2.75, 3.05) is 5.32 Å². The van der Waals surface area contributed by atoms with Crippen LogP contribution in [0.5, 0.6) is 5.75 Å². The standard InChI is InChI=1S/C14H12ClF3N4O4/c1-6-11(15)12(14(16,17)18)20-21(6)7(2)13(24)19-9-4-3-8(22(25)26)5-10(9)23/h3-5,7,23H,1-2H3,(H,19,24). The molecule has 1 heterocycles. The first-order valence-electron chi connectivity index (χ1n) is 7.03. The molecule has 0 aliphatic heterocycles. The molecule has 0 radical (unpaired) electrons. The molecule has 1 aromatic carbocycles. The molecule has 12 heteroatoms. The molecule has 0 saturated heterocycles. The summed E-state index contributed by atoms with van der Waals surface area (Å²) in [5.74, 6) is -1.36. The summed E-state index contributed by atoms with van der Waals surface area (Å²) in [5, 5.41) is 25.4. The molecule has 0 aliphatic rings. The van der Waals surface area contributed by atoms with Crippen LogP contribution in [0.15, 0.2) is 18.2 Å². The quantitative estimate of drug-likeness (QED) is 0.468. The van der Waals surface area contributed by atoms with Gasteiger partial charge in [0.15, 0.2) is 5.69 Å². The van der Waals surface area contributed by atoms with E-state index in [1.165, 1.54) is 13.8 Å². The van der Waals surface area contributed by atoms with Crippen molar-refractivity contribution in [3.8, 4) is 5.75 Å². The van der Waals surface area contributed by atoms with Gasteiger partial charge in [-0.05, 0) is 19.9 Å². The van der Waals surface area contributed by atoms with Crippen LogP contribution in [-0.4, -0.2) is 25.7 Å². The number of benzene rings is 1. The Hall–Kier alpha value is -2.82. The number of halogens is 4. The van der Waals surface area contributed by atoms with Crippen molar-refractivity contribution in [3.05, 3.63) is 44.7 Å². The van der Waals surface area contributed by atoms with Crippen LogP contribution in [0.4, 0.5) is 24.5 Å². The number of non-ortho nitro benzene ring substituents is 1. The first-order chi connectivity index (χ1) is 11.9. The maximum absolute atomic E-state index is 12.9. The van der Waals surface area contributed by atoms with Crippen molar-refractivity contribution < 1.29 is 28.0 Å². The van der Waals surface area contributed by atoms with Gasteiger partial charge < -0.3 is 10.4 Å². The Bertz CT molecular complexity index is 882. The summed E-state index contributed by atoms with van der Waals surface area (Å²) in [6, 6.07) is 1.79. The SMILES string of the molecule is Cc1c(Cl)c(C(F)(F)F)nn1C(C)C(=O)Nc1ccc([N+](=O)[O-])cc1O. The minimum absolute atomic E-state index is 0.0606. The lowest BCUT2D eigenvalue weighted by Crippen LogP contribution is -2.25. The van der Waals surface area contributed by atoms with E-state index in [1.54, 1.807) is 0 Å². The van der Waals surface area contributed by atoms with Gasteiger partial charge in [0.2, 0.25) is 5.91 Å². The zero-order valence-electron chi connectivity index (χ0n) is 13.3. The maximum Gasteiger partial charge on any atom is 0.436 e. The molecule has 2 N–H and O–H groups in total. The van der Waals surface area contributed by atoms with Gasteiger partial charge in [-0.15, -0.1) is 0 Å². The van der Waals surface area contributed by atoms with Crippen LogP contribution in [0.1, 0.15) is 24.4 Å². The van der Waals surface area contributed by atoms with Gasteiger partial charge in [-0.2, -0.15) is 18.3 Å². The van der Waals surface area contributed by atoms with E-state index in [2.05, 4.69) is 10.4 Å². The Labute approximate surface area is 149 Å². The number of carbonyl (C=O) groups is 1. The van der Waals surface area contributed by atoms with Crippen LogP contribution in [0, 0.1) is 17.0 Å². The molecular formula is C14H12ClF3N4O4. The van der Waals surface area contributed by atoms with Crippen LogP contribution in [-0.2, 0) is 11.0 Å². The van der Waals surface area contributed by atoms with Crippen LogP contribution in [0.3, 0.4) is 0 Å². The van der Waals surface area contributed by atoms with Gasteiger partial charge in [0.05, 0.1) is 27.4 Å². The smallest absolute Gasteiger partial charge is 0.436 e. The van der Waals surface area contributed by atoms with E-state index in [0.29, 0.717) is 0 Å². The molecule has 0 aliphatic carbocycles. The van der Waals surface area contributed by atoms with Crippen molar-refractivity contribution >= 4 is 28.9 Å². The highest BCUT2D eigenvalue weighted by atomic mass is 35.5. The number of alkyl halides is 3. The van der Waals surface area contributed by atoms with Gasteiger partial charge >= 0.3 is 6.18 Å². The first-order valence-corrected chi connectivity index (χ1v) is 7.41. The molecule has 0 spiro atoms. The summed E-state index contributed by atoms with van der Waals surface area (Å²) in [6.07, 6.45) is -4.78. The number of phenolic OH excluding ortho intramolecular Hbond substituents is 1. The van der Waals surface area contributed by atoms with E-state index in [9.17, 15) is 33.2 Å². The van der Waals surface area contributed by atoms with E-state index in [-0.39, 0.29) is 11.4 Å². The zero-order chi connectivity index (χ0) is 19.8. The topological polar surface area (TPSA) is 110 Å². The van der Waals surface area contributed by atoms with Crippen LogP contribution in [0.25, 0.3) is 0 Å². The first kappa shape index (κ1) is 19.5. The average Bonchev–Trinajstić information content (AvgIpc) is 2.84. The predicted octanol–water partition coefficient (Wildman–Crippen LogP) is 3.68. The highest BCUT2D eigenvalue weighted by Crippen LogP contribution is 2.36. The third-order valence-corrected chi connectivity index (χ3v) is 3.99. The second-order valence-corrected chi connectivity index (χ2v) is 5.69. The summed E-state index contributed by atoms with van der Waals surface area (Å²) in [6.45, 7) is 2.56. The molecule has 140 valence electrons. The molecule has 2 aromatic rings. The van der Waals surface area contributed by atoms with Gasteiger partial charge in [-0.3, -0.25) is 19.6 Å². The summed E-state index contributed by atoms with van der Waals surface area (Å²) in [4.78, 5) is 22.2. The van der Waals surface area contributed by atoms with Crippen molar-refractivity contribution in [2.45, 2.75) is 26.1 Å². The Morgan fingerprint density at radius 3 is 2.54 bits per heavy atom. The second kappa shape index (κ2) is 6.83. The van der Waals surface area contributed by atoms with Crippen LogP contribution >= 0.6 is 11.6 Å². The highest BCUT2D eigenvalue weighted by Gasteiger charge is 2.39. The van der Waals surface area contributed by atoms with Gasteiger partial charge in [0.25, 0.3) is 5.69 Å². The molecule has 0 fully saturated rings. The molecule has 1 atom stereocenters. The Kier molecular flexibility index (Phi) is 5.12. The lowest BCUT2D eigenvalue weighted by molar-refractivity contribution is -0.384. The molecule has 1 amide bonds. The summed E-state index contributed by atoms with van der Waals surface area (Å²) in [7, 11) is 0.